The zero-order chi connectivity index (χ0) is 27.4. The van der Waals surface area contributed by atoms with Crippen LogP contribution in [0, 0.1) is 29.1 Å². The van der Waals surface area contributed by atoms with E-state index in [1.165, 1.54) is 12.1 Å². The van der Waals surface area contributed by atoms with Gasteiger partial charge in [0.15, 0.2) is 17.5 Å². The summed E-state index contributed by atoms with van der Waals surface area (Å²) in [7, 11) is 0. The third kappa shape index (κ3) is 6.22. The quantitative estimate of drug-likeness (QED) is 0.168. The molecule has 38 heavy (non-hydrogen) atoms. The first kappa shape index (κ1) is 26.9. The van der Waals surface area contributed by atoms with Crippen LogP contribution in [0.2, 0.25) is 0 Å². The second kappa shape index (κ2) is 11.1. The van der Waals surface area contributed by atoms with Crippen molar-refractivity contribution in [3.63, 3.8) is 0 Å². The predicted molar refractivity (Wildman–Crippen MR) is 130 cm³/mol. The van der Waals surface area contributed by atoms with Crippen molar-refractivity contribution >= 4 is 6.08 Å². The molecule has 0 bridgehead atoms. The summed E-state index contributed by atoms with van der Waals surface area (Å²) < 4.78 is 102. The molecule has 0 saturated carbocycles. The first-order valence-electron chi connectivity index (χ1n) is 11.5. The lowest BCUT2D eigenvalue weighted by molar-refractivity contribution is -0.131. The van der Waals surface area contributed by atoms with E-state index in [1.54, 1.807) is 18.3 Å². The van der Waals surface area contributed by atoms with Gasteiger partial charge in [0, 0.05) is 35.0 Å². The van der Waals surface area contributed by atoms with Gasteiger partial charge in [-0.25, -0.2) is 22.0 Å². The summed E-state index contributed by atoms with van der Waals surface area (Å²) in [6, 6.07) is 11.3. The van der Waals surface area contributed by atoms with Crippen molar-refractivity contribution in [3.05, 3.63) is 113 Å². The van der Waals surface area contributed by atoms with Gasteiger partial charge in [0.05, 0.1) is 5.69 Å². The molecule has 0 radical (unpaired) electrons. The van der Waals surface area contributed by atoms with Gasteiger partial charge in [-0.05, 0) is 60.0 Å². The van der Waals surface area contributed by atoms with E-state index in [0.717, 1.165) is 36.6 Å². The van der Waals surface area contributed by atoms with E-state index >= 15 is 0 Å². The van der Waals surface area contributed by atoms with Crippen molar-refractivity contribution in [2.45, 2.75) is 25.9 Å². The van der Waals surface area contributed by atoms with E-state index in [2.05, 4.69) is 9.72 Å². The maximum Gasteiger partial charge on any atom is 0.419 e. The number of rotatable bonds is 8. The highest BCUT2D eigenvalue weighted by Gasteiger charge is 2.28. The summed E-state index contributed by atoms with van der Waals surface area (Å²) in [5.74, 6) is -7.27. The SMILES string of the molecule is CCCc1ccc(-c2ccc(C=CC(F)(F)Oc3ccc(-c4cc(F)c(F)c(F)c4)c(F)c3)c(F)c2)nc1. The molecule has 0 aliphatic rings. The van der Waals surface area contributed by atoms with Crippen molar-refractivity contribution < 1.29 is 35.5 Å². The molecule has 0 atom stereocenters. The zero-order valence-corrected chi connectivity index (χ0v) is 19.9. The summed E-state index contributed by atoms with van der Waals surface area (Å²) >= 11 is 0. The monoisotopic (exact) mass is 531 g/mol. The fourth-order valence-electron chi connectivity index (χ4n) is 3.74. The Morgan fingerprint density at radius 1 is 0.789 bits per heavy atom. The fourth-order valence-corrected chi connectivity index (χ4v) is 3.74. The minimum atomic E-state index is -3.95. The largest absolute Gasteiger partial charge is 0.429 e. The van der Waals surface area contributed by atoms with Crippen molar-refractivity contribution in [1.29, 1.82) is 0 Å². The van der Waals surface area contributed by atoms with E-state index in [9.17, 15) is 30.7 Å². The Bertz CT molecular complexity index is 1460. The van der Waals surface area contributed by atoms with Crippen LogP contribution < -0.4 is 4.74 Å². The van der Waals surface area contributed by atoms with Gasteiger partial charge in [-0.2, -0.15) is 8.78 Å². The normalized spacial score (nSPS) is 11.8. The second-order valence-corrected chi connectivity index (χ2v) is 8.43. The molecule has 0 fully saturated rings. The number of ether oxygens (including phenoxy) is 1. The number of benzene rings is 3. The second-order valence-electron chi connectivity index (χ2n) is 8.43. The van der Waals surface area contributed by atoms with Gasteiger partial charge in [0.25, 0.3) is 0 Å². The van der Waals surface area contributed by atoms with Gasteiger partial charge in [0.2, 0.25) is 0 Å². The number of nitrogens with zero attached hydrogens (tertiary/aromatic N) is 1. The number of pyridine rings is 1. The molecule has 1 aromatic heterocycles. The van der Waals surface area contributed by atoms with Gasteiger partial charge < -0.3 is 4.74 Å². The molecule has 3 aromatic carbocycles. The van der Waals surface area contributed by atoms with Gasteiger partial charge in [-0.3, -0.25) is 4.98 Å². The predicted octanol–water partition coefficient (Wildman–Crippen LogP) is 8.75. The number of aromatic nitrogens is 1. The third-order valence-electron chi connectivity index (χ3n) is 5.61. The molecule has 0 spiro atoms. The maximum atomic E-state index is 14.6. The van der Waals surface area contributed by atoms with Crippen molar-refractivity contribution in [2.24, 2.45) is 0 Å². The Morgan fingerprint density at radius 3 is 2.11 bits per heavy atom. The zero-order valence-electron chi connectivity index (χ0n) is 19.9. The summed E-state index contributed by atoms with van der Waals surface area (Å²) in [4.78, 5) is 4.31. The van der Waals surface area contributed by atoms with Crippen molar-refractivity contribution in [3.8, 4) is 28.1 Å². The van der Waals surface area contributed by atoms with Crippen LogP contribution in [0.25, 0.3) is 28.5 Å². The molecule has 0 N–H and O–H groups in total. The standard InChI is InChI=1S/C29H20F7NO/c1-2-3-17-4-9-27(37-16-17)19-6-5-18(23(30)12-19)10-11-29(35,36)38-21-7-8-22(24(31)15-21)20-13-25(32)28(34)26(33)14-20/h4-16H,2-3H2,1H3. The number of hydrogen-bond acceptors (Lipinski definition) is 2. The summed E-state index contributed by atoms with van der Waals surface area (Å²) in [5.41, 5.74) is 1.23. The topological polar surface area (TPSA) is 22.1 Å². The molecular formula is C29H20F7NO. The Labute approximate surface area is 214 Å². The van der Waals surface area contributed by atoms with Crippen molar-refractivity contribution in [2.75, 3.05) is 0 Å². The molecule has 0 unspecified atom stereocenters. The Kier molecular flexibility index (Phi) is 7.85. The molecule has 196 valence electrons. The van der Waals surface area contributed by atoms with Crippen LogP contribution in [0.3, 0.4) is 0 Å². The lowest BCUT2D eigenvalue weighted by Gasteiger charge is -2.15. The Hall–Kier alpha value is -4.14. The highest BCUT2D eigenvalue weighted by molar-refractivity contribution is 5.66. The van der Waals surface area contributed by atoms with Crippen LogP contribution in [0.4, 0.5) is 30.7 Å². The van der Waals surface area contributed by atoms with Crippen LogP contribution in [0.15, 0.2) is 72.9 Å². The molecule has 0 saturated heterocycles. The Balaban J connectivity index is 1.48. The summed E-state index contributed by atoms with van der Waals surface area (Å²) in [6.07, 6.45) is 0.708. The molecule has 0 amide bonds. The lowest BCUT2D eigenvalue weighted by atomic mass is 10.0. The first-order valence-corrected chi connectivity index (χ1v) is 11.5. The van der Waals surface area contributed by atoms with Gasteiger partial charge in [0.1, 0.15) is 17.4 Å². The highest BCUT2D eigenvalue weighted by Crippen LogP contribution is 2.31. The van der Waals surface area contributed by atoms with Crippen LogP contribution in [-0.4, -0.2) is 11.1 Å². The van der Waals surface area contributed by atoms with Crippen LogP contribution in [0.1, 0.15) is 24.5 Å². The third-order valence-corrected chi connectivity index (χ3v) is 5.61. The van der Waals surface area contributed by atoms with E-state index < -0.39 is 40.9 Å². The fraction of sp³-hybridized carbons (Fsp3) is 0.138. The number of alkyl halides is 2. The molecule has 4 rings (SSSR count). The average molecular weight is 531 g/mol. The van der Waals surface area contributed by atoms with Gasteiger partial charge in [-0.15, -0.1) is 0 Å². The minimum Gasteiger partial charge on any atom is -0.429 e. The minimum absolute atomic E-state index is 0.137. The number of hydrogen-bond donors (Lipinski definition) is 0. The number of halogens is 7. The maximum absolute atomic E-state index is 14.6. The molecule has 4 aromatic rings. The molecule has 1 heterocycles. The summed E-state index contributed by atoms with van der Waals surface area (Å²) in [6.45, 7) is 2.04. The van der Waals surface area contributed by atoms with Crippen LogP contribution in [0.5, 0.6) is 5.75 Å². The van der Waals surface area contributed by atoms with E-state index in [0.29, 0.717) is 35.5 Å². The summed E-state index contributed by atoms with van der Waals surface area (Å²) in [5, 5.41) is 0. The van der Waals surface area contributed by atoms with E-state index in [4.69, 9.17) is 0 Å². The van der Waals surface area contributed by atoms with Crippen LogP contribution in [-0.2, 0) is 6.42 Å². The smallest absolute Gasteiger partial charge is 0.419 e. The van der Waals surface area contributed by atoms with E-state index in [1.807, 2.05) is 13.0 Å². The van der Waals surface area contributed by atoms with Gasteiger partial charge >= 0.3 is 6.11 Å². The Morgan fingerprint density at radius 2 is 1.50 bits per heavy atom. The van der Waals surface area contributed by atoms with E-state index in [-0.39, 0.29) is 16.7 Å². The molecule has 0 aliphatic heterocycles. The number of aryl methyl sites for hydroxylation is 1. The lowest BCUT2D eigenvalue weighted by Crippen LogP contribution is -2.21. The highest BCUT2D eigenvalue weighted by atomic mass is 19.3. The molecule has 9 heteroatoms. The average Bonchev–Trinajstić information content (AvgIpc) is 2.87. The molecular weight excluding hydrogens is 511 g/mol. The van der Waals surface area contributed by atoms with Crippen LogP contribution >= 0.6 is 0 Å². The molecule has 0 aliphatic carbocycles. The molecule has 2 nitrogen and oxygen atoms in total. The van der Waals surface area contributed by atoms with Crippen molar-refractivity contribution in [1.82, 2.24) is 4.98 Å². The first-order chi connectivity index (χ1) is 18.1. The van der Waals surface area contributed by atoms with Gasteiger partial charge in [-0.1, -0.05) is 31.5 Å².